The molecule has 0 spiro atoms. The van der Waals surface area contributed by atoms with Crippen molar-refractivity contribution in [3.8, 4) is 0 Å². The van der Waals surface area contributed by atoms with Crippen molar-refractivity contribution < 1.29 is 29.2 Å². The lowest BCUT2D eigenvalue weighted by Crippen LogP contribution is -2.88. The van der Waals surface area contributed by atoms with Crippen molar-refractivity contribution in [1.82, 2.24) is 0 Å². The number of nitrogens with one attached hydrogen (secondary N) is 1. The highest BCUT2D eigenvalue weighted by Gasteiger charge is 2.26. The molecule has 1 aromatic heterocycles. The summed E-state index contributed by atoms with van der Waals surface area (Å²) in [5, 5.41) is 4.85. The van der Waals surface area contributed by atoms with Crippen LogP contribution in [0.3, 0.4) is 0 Å². The van der Waals surface area contributed by atoms with Gasteiger partial charge in [-0.1, -0.05) is 0 Å². The first-order valence-corrected chi connectivity index (χ1v) is 9.09. The number of hydrogen-bond donors (Lipinski definition) is 3. The molecule has 25 heavy (non-hydrogen) atoms. The first-order chi connectivity index (χ1) is 11.9. The number of carbonyl (C=O) groups is 3. The van der Waals surface area contributed by atoms with Crippen molar-refractivity contribution in [3.05, 3.63) is 16.0 Å². The highest BCUT2D eigenvalue weighted by Crippen LogP contribution is 2.33. The molecule has 0 bridgehead atoms. The summed E-state index contributed by atoms with van der Waals surface area (Å²) in [5.41, 5.74) is 5.95. The second-order valence-electron chi connectivity index (χ2n) is 5.76. The highest BCUT2D eigenvalue weighted by atomic mass is 32.1. The van der Waals surface area contributed by atoms with E-state index in [4.69, 9.17) is 15.2 Å². The molecule has 1 saturated heterocycles. The smallest absolute Gasteiger partial charge is 0.341 e. The molecular weight excluding hydrogens is 346 g/mol. The van der Waals surface area contributed by atoms with Crippen LogP contribution < -0.4 is 16.4 Å². The topological polar surface area (TPSA) is 124 Å². The summed E-state index contributed by atoms with van der Waals surface area (Å²) in [6.07, 6.45) is 2.25. The number of esters is 1. The standard InChI is InChI=1S/C16H23N3O5S/c1-3-23-16(22)12-9(2)13(14(17)21)25-15(12)19-11(20)8-18-7-10-5-4-6-24-10/h10,18H,3-8H2,1-2H3,(H2,17,21)(H,19,20)/p+1/t10-/m1/s1. The quantitative estimate of drug-likeness (QED) is 0.556. The lowest BCUT2D eigenvalue weighted by molar-refractivity contribution is -0.649. The number of carbonyl (C=O) groups excluding carboxylic acids is 3. The maximum absolute atomic E-state index is 12.2. The van der Waals surface area contributed by atoms with Gasteiger partial charge in [0.25, 0.3) is 11.8 Å². The number of primary amides is 1. The summed E-state index contributed by atoms with van der Waals surface area (Å²) >= 11 is 0.990. The van der Waals surface area contributed by atoms with Crippen LogP contribution in [0.2, 0.25) is 0 Å². The summed E-state index contributed by atoms with van der Waals surface area (Å²) in [5.74, 6) is -1.48. The number of amides is 2. The lowest BCUT2D eigenvalue weighted by Gasteiger charge is -2.09. The molecule has 1 aliphatic rings. The van der Waals surface area contributed by atoms with Crippen LogP contribution in [-0.4, -0.2) is 50.2 Å². The monoisotopic (exact) mass is 370 g/mol. The molecule has 9 heteroatoms. The predicted octanol–water partition coefficient (Wildman–Crippen LogP) is 0.0130. The van der Waals surface area contributed by atoms with Gasteiger partial charge in [0.2, 0.25) is 0 Å². The van der Waals surface area contributed by atoms with Gasteiger partial charge >= 0.3 is 5.97 Å². The van der Waals surface area contributed by atoms with Gasteiger partial charge in [0, 0.05) is 6.61 Å². The van der Waals surface area contributed by atoms with Crippen molar-refractivity contribution in [2.45, 2.75) is 32.8 Å². The molecule has 138 valence electrons. The van der Waals surface area contributed by atoms with E-state index in [1.165, 1.54) is 0 Å². The van der Waals surface area contributed by atoms with Crippen LogP contribution in [0, 0.1) is 6.92 Å². The Morgan fingerprint density at radius 3 is 2.80 bits per heavy atom. The zero-order valence-corrected chi connectivity index (χ0v) is 15.2. The summed E-state index contributed by atoms with van der Waals surface area (Å²) in [6, 6.07) is 0. The molecule has 0 unspecified atom stereocenters. The Morgan fingerprint density at radius 1 is 1.44 bits per heavy atom. The lowest BCUT2D eigenvalue weighted by atomic mass is 10.1. The molecule has 1 aromatic rings. The molecule has 0 aromatic carbocycles. The normalized spacial score (nSPS) is 16.6. The van der Waals surface area contributed by atoms with E-state index < -0.39 is 11.9 Å². The summed E-state index contributed by atoms with van der Waals surface area (Å²) in [4.78, 5) is 36.1. The minimum atomic E-state index is -0.640. The molecule has 8 nitrogen and oxygen atoms in total. The number of thiophene rings is 1. The van der Waals surface area contributed by atoms with Gasteiger partial charge in [-0.2, -0.15) is 0 Å². The van der Waals surface area contributed by atoms with Gasteiger partial charge in [-0.25, -0.2) is 4.79 Å². The van der Waals surface area contributed by atoms with Crippen molar-refractivity contribution >= 4 is 34.1 Å². The van der Waals surface area contributed by atoms with Gasteiger partial charge in [0.05, 0.1) is 17.0 Å². The third-order valence-electron chi connectivity index (χ3n) is 3.89. The molecular formula is C16H24N3O5S+. The molecule has 0 saturated carbocycles. The van der Waals surface area contributed by atoms with Gasteiger partial charge in [-0.05, 0) is 32.3 Å². The van der Waals surface area contributed by atoms with E-state index >= 15 is 0 Å². The van der Waals surface area contributed by atoms with Crippen molar-refractivity contribution in [1.29, 1.82) is 0 Å². The van der Waals surface area contributed by atoms with Crippen LogP contribution >= 0.6 is 11.3 Å². The minimum absolute atomic E-state index is 0.188. The van der Waals surface area contributed by atoms with E-state index in [0.29, 0.717) is 17.1 Å². The van der Waals surface area contributed by atoms with E-state index in [9.17, 15) is 14.4 Å². The molecule has 1 aliphatic heterocycles. The van der Waals surface area contributed by atoms with Gasteiger partial charge in [0.15, 0.2) is 6.54 Å². The first-order valence-electron chi connectivity index (χ1n) is 8.27. The van der Waals surface area contributed by atoms with Crippen LogP contribution in [0.4, 0.5) is 5.00 Å². The highest BCUT2D eigenvalue weighted by molar-refractivity contribution is 7.18. The summed E-state index contributed by atoms with van der Waals surface area (Å²) < 4.78 is 10.5. The van der Waals surface area contributed by atoms with E-state index in [0.717, 1.165) is 30.8 Å². The molecule has 1 atom stereocenters. The van der Waals surface area contributed by atoms with Crippen LogP contribution in [0.1, 0.15) is 45.4 Å². The zero-order chi connectivity index (χ0) is 18.4. The third kappa shape index (κ3) is 5.00. The van der Waals surface area contributed by atoms with Crippen molar-refractivity contribution in [3.63, 3.8) is 0 Å². The Balaban J connectivity index is 2.03. The fourth-order valence-corrected chi connectivity index (χ4v) is 3.76. The fourth-order valence-electron chi connectivity index (χ4n) is 2.69. The average molecular weight is 370 g/mol. The first kappa shape index (κ1) is 19.4. The Hall–Kier alpha value is -1.97. The second-order valence-corrected chi connectivity index (χ2v) is 6.78. The SMILES string of the molecule is CCOC(=O)c1c(NC(=O)C[NH2+]C[C@H]2CCCO2)sc(C(N)=O)c1C. The number of anilines is 1. The van der Waals surface area contributed by atoms with Crippen LogP contribution in [0.5, 0.6) is 0 Å². The maximum atomic E-state index is 12.2. The number of ether oxygens (including phenoxy) is 2. The van der Waals surface area contributed by atoms with Crippen LogP contribution in [-0.2, 0) is 14.3 Å². The van der Waals surface area contributed by atoms with E-state index in [1.807, 2.05) is 5.32 Å². The second kappa shape index (κ2) is 8.93. The number of hydrogen-bond acceptors (Lipinski definition) is 6. The molecule has 0 aliphatic carbocycles. The maximum Gasteiger partial charge on any atom is 0.341 e. The largest absolute Gasteiger partial charge is 0.462 e. The molecule has 2 heterocycles. The van der Waals surface area contributed by atoms with Crippen LogP contribution in [0.25, 0.3) is 0 Å². The Bertz CT molecular complexity index is 652. The van der Waals surface area contributed by atoms with E-state index in [1.54, 1.807) is 13.8 Å². The van der Waals surface area contributed by atoms with Gasteiger partial charge in [-0.15, -0.1) is 11.3 Å². The van der Waals surface area contributed by atoms with Crippen LogP contribution in [0.15, 0.2) is 0 Å². The Morgan fingerprint density at radius 2 is 2.20 bits per heavy atom. The number of nitrogens with two attached hydrogens (primary N) is 2. The zero-order valence-electron chi connectivity index (χ0n) is 14.4. The average Bonchev–Trinajstić information content (AvgIpc) is 3.15. The van der Waals surface area contributed by atoms with Gasteiger partial charge in [-0.3, -0.25) is 9.59 Å². The molecule has 0 radical (unpaired) electrons. The van der Waals surface area contributed by atoms with E-state index in [-0.39, 0.29) is 35.6 Å². The molecule has 1 fully saturated rings. The van der Waals surface area contributed by atoms with Gasteiger partial charge < -0.3 is 25.8 Å². The van der Waals surface area contributed by atoms with Crippen molar-refractivity contribution in [2.24, 2.45) is 5.73 Å². The van der Waals surface area contributed by atoms with Crippen molar-refractivity contribution in [2.75, 3.05) is 31.6 Å². The molecule has 5 N–H and O–H groups in total. The Kier molecular flexibility index (Phi) is 6.91. The van der Waals surface area contributed by atoms with E-state index in [2.05, 4.69) is 5.32 Å². The number of quaternary nitrogens is 1. The Labute approximate surface area is 150 Å². The minimum Gasteiger partial charge on any atom is -0.462 e. The fraction of sp³-hybridized carbons (Fsp3) is 0.562. The third-order valence-corrected chi connectivity index (χ3v) is 5.11. The molecule has 2 amide bonds. The predicted molar refractivity (Wildman–Crippen MR) is 92.8 cm³/mol. The molecule has 2 rings (SSSR count). The number of rotatable bonds is 8. The summed E-state index contributed by atoms with van der Waals surface area (Å²) in [6.45, 7) is 5.19. The van der Waals surface area contributed by atoms with Gasteiger partial charge in [0.1, 0.15) is 17.6 Å². The summed E-state index contributed by atoms with van der Waals surface area (Å²) in [7, 11) is 0.